The second kappa shape index (κ2) is 8.10. The number of fused-ring (bicyclic) bond motifs is 7. The number of methoxy groups -OCH3 is 2. The second-order valence-electron chi connectivity index (χ2n) is 9.45. The fraction of sp³-hybridized carbons (Fsp3) is 0.444. The lowest BCUT2D eigenvalue weighted by molar-refractivity contribution is 0.163. The van der Waals surface area contributed by atoms with Crippen LogP contribution < -0.4 is 14.2 Å². The molecule has 0 bridgehead atoms. The number of amides is 1. The minimum Gasteiger partial charge on any atom is -0.493 e. The van der Waals surface area contributed by atoms with Crippen molar-refractivity contribution < 1.29 is 19.0 Å². The number of nitrogens with zero attached hydrogens (tertiary/aromatic N) is 2. The topological polar surface area (TPSA) is 51.2 Å². The zero-order chi connectivity index (χ0) is 22.5. The number of ether oxygens (including phenoxy) is 3. The van der Waals surface area contributed by atoms with Crippen molar-refractivity contribution >= 4 is 27.6 Å². The second-order valence-corrected chi connectivity index (χ2v) is 9.45. The quantitative estimate of drug-likeness (QED) is 0.523. The summed E-state index contributed by atoms with van der Waals surface area (Å²) >= 11 is 0. The molecule has 172 valence electrons. The number of likely N-dealkylation sites (tertiary alicyclic amines) is 1. The van der Waals surface area contributed by atoms with E-state index in [0.717, 1.165) is 55.4 Å². The first kappa shape index (κ1) is 20.6. The lowest BCUT2D eigenvalue weighted by Gasteiger charge is -2.33. The van der Waals surface area contributed by atoms with E-state index in [1.807, 2.05) is 12.1 Å². The lowest BCUT2D eigenvalue weighted by Crippen LogP contribution is -2.35. The molecule has 0 spiro atoms. The molecule has 3 aromatic carbocycles. The van der Waals surface area contributed by atoms with Crippen molar-refractivity contribution in [3.05, 3.63) is 41.5 Å². The monoisotopic (exact) mass is 446 g/mol. The average Bonchev–Trinajstić information content (AvgIpc) is 3.54. The van der Waals surface area contributed by atoms with Gasteiger partial charge < -0.3 is 19.1 Å². The molecule has 0 N–H and O–H groups in total. The maximum absolute atomic E-state index is 12.6. The van der Waals surface area contributed by atoms with Gasteiger partial charge in [0.05, 0.1) is 14.2 Å². The minimum atomic E-state index is -0.255. The Hall–Kier alpha value is -2.99. The molecule has 6 rings (SSSR count). The third-order valence-corrected chi connectivity index (χ3v) is 7.69. The van der Waals surface area contributed by atoms with Crippen molar-refractivity contribution in [2.24, 2.45) is 0 Å². The van der Waals surface area contributed by atoms with Gasteiger partial charge >= 0.3 is 6.09 Å². The Morgan fingerprint density at radius 1 is 0.848 bits per heavy atom. The molecular formula is C27H30N2O4. The fourth-order valence-corrected chi connectivity index (χ4v) is 6.00. The van der Waals surface area contributed by atoms with Gasteiger partial charge in [0, 0.05) is 25.7 Å². The Labute approximate surface area is 194 Å². The van der Waals surface area contributed by atoms with Crippen molar-refractivity contribution in [1.29, 1.82) is 0 Å². The minimum absolute atomic E-state index is 0.255. The predicted molar refractivity (Wildman–Crippen MR) is 129 cm³/mol. The van der Waals surface area contributed by atoms with Gasteiger partial charge in [-0.05, 0) is 95.6 Å². The molecule has 0 aromatic heterocycles. The van der Waals surface area contributed by atoms with E-state index in [9.17, 15) is 4.79 Å². The van der Waals surface area contributed by atoms with Gasteiger partial charge in [-0.2, -0.15) is 0 Å². The summed E-state index contributed by atoms with van der Waals surface area (Å²) < 4.78 is 17.1. The van der Waals surface area contributed by atoms with E-state index in [0.29, 0.717) is 17.5 Å². The molecule has 1 amide bonds. The van der Waals surface area contributed by atoms with Crippen LogP contribution in [0.25, 0.3) is 21.5 Å². The molecule has 0 aliphatic carbocycles. The van der Waals surface area contributed by atoms with Gasteiger partial charge in [-0.15, -0.1) is 0 Å². The first-order chi connectivity index (χ1) is 16.2. The van der Waals surface area contributed by atoms with Crippen LogP contribution in [0.15, 0.2) is 30.3 Å². The predicted octanol–water partition coefficient (Wildman–Crippen LogP) is 5.13. The van der Waals surface area contributed by atoms with Crippen molar-refractivity contribution in [2.45, 2.75) is 44.7 Å². The number of carbonyl (C=O) groups excluding carboxylic acids is 1. The number of hydrogen-bond donors (Lipinski definition) is 0. The van der Waals surface area contributed by atoms with Crippen LogP contribution in [0.5, 0.6) is 17.2 Å². The number of rotatable bonds is 3. The van der Waals surface area contributed by atoms with Gasteiger partial charge in [0.2, 0.25) is 0 Å². The largest absolute Gasteiger partial charge is 0.493 e. The molecule has 2 fully saturated rings. The van der Waals surface area contributed by atoms with Crippen LogP contribution in [-0.2, 0) is 13.0 Å². The zero-order valence-corrected chi connectivity index (χ0v) is 19.4. The van der Waals surface area contributed by atoms with E-state index in [4.69, 9.17) is 14.2 Å². The van der Waals surface area contributed by atoms with E-state index < -0.39 is 0 Å². The van der Waals surface area contributed by atoms with Gasteiger partial charge in [-0.1, -0.05) is 6.07 Å². The van der Waals surface area contributed by atoms with Crippen LogP contribution in [0.2, 0.25) is 0 Å². The summed E-state index contributed by atoms with van der Waals surface area (Å²) in [7, 11) is 3.35. The SMILES string of the molecule is COc1cc2c3c(c4ccc(OC(=O)N5CCCC5)cc4c2cc1OC)CC1CCCN1C3. The standard InChI is InChI=1S/C27H30N2O4/c1-31-25-14-22-21-13-18(33-27(30)28-9-3-4-10-28)7-8-19(21)20-12-17-6-5-11-29(17)16-24(20)23(22)15-26(25)32-2/h7-8,13-15,17H,3-6,9-12,16H2,1-2H3. The number of carbonyl (C=O) groups is 1. The van der Waals surface area contributed by atoms with Crippen LogP contribution in [0.1, 0.15) is 36.8 Å². The highest BCUT2D eigenvalue weighted by molar-refractivity contribution is 6.12. The lowest BCUT2D eigenvalue weighted by atomic mass is 9.85. The summed E-state index contributed by atoms with van der Waals surface area (Å²) in [6, 6.07) is 10.9. The molecule has 3 aliphatic heterocycles. The smallest absolute Gasteiger partial charge is 0.415 e. The molecule has 3 aliphatic rings. The summed E-state index contributed by atoms with van der Waals surface area (Å²) in [6.45, 7) is 3.69. The summed E-state index contributed by atoms with van der Waals surface area (Å²) in [5, 5.41) is 4.65. The Balaban J connectivity index is 1.53. The molecule has 3 aromatic rings. The van der Waals surface area contributed by atoms with Crippen molar-refractivity contribution in [3.8, 4) is 17.2 Å². The molecule has 33 heavy (non-hydrogen) atoms. The highest BCUT2D eigenvalue weighted by atomic mass is 16.6. The maximum Gasteiger partial charge on any atom is 0.415 e. The Morgan fingerprint density at radius 2 is 1.58 bits per heavy atom. The Morgan fingerprint density at radius 3 is 2.33 bits per heavy atom. The zero-order valence-electron chi connectivity index (χ0n) is 19.4. The van der Waals surface area contributed by atoms with Crippen LogP contribution in [0.4, 0.5) is 4.79 Å². The van der Waals surface area contributed by atoms with Gasteiger partial charge in [-0.25, -0.2) is 4.79 Å². The Kier molecular flexibility index (Phi) is 5.06. The molecular weight excluding hydrogens is 416 g/mol. The van der Waals surface area contributed by atoms with Crippen LogP contribution >= 0.6 is 0 Å². The molecule has 6 heteroatoms. The summed E-state index contributed by atoms with van der Waals surface area (Å²) in [5.41, 5.74) is 2.81. The number of benzene rings is 3. The van der Waals surface area contributed by atoms with Gasteiger partial charge in [0.15, 0.2) is 11.5 Å². The Bertz CT molecular complexity index is 1250. The van der Waals surface area contributed by atoms with E-state index >= 15 is 0 Å². The highest BCUT2D eigenvalue weighted by Crippen LogP contribution is 2.44. The third kappa shape index (κ3) is 3.39. The van der Waals surface area contributed by atoms with Gasteiger partial charge in [-0.3, -0.25) is 4.90 Å². The third-order valence-electron chi connectivity index (χ3n) is 7.69. The van der Waals surface area contributed by atoms with Crippen LogP contribution in [0, 0.1) is 0 Å². The molecule has 2 saturated heterocycles. The molecule has 1 atom stereocenters. The van der Waals surface area contributed by atoms with Gasteiger partial charge in [0.25, 0.3) is 0 Å². The first-order valence-electron chi connectivity index (χ1n) is 12.0. The maximum atomic E-state index is 12.6. The average molecular weight is 447 g/mol. The van der Waals surface area contributed by atoms with Crippen LogP contribution in [-0.4, -0.2) is 55.8 Å². The van der Waals surface area contributed by atoms with Crippen molar-refractivity contribution in [1.82, 2.24) is 9.80 Å². The fourth-order valence-electron chi connectivity index (χ4n) is 6.00. The van der Waals surface area contributed by atoms with E-state index in [1.54, 1.807) is 19.1 Å². The van der Waals surface area contributed by atoms with E-state index in [2.05, 4.69) is 23.1 Å². The van der Waals surface area contributed by atoms with Crippen molar-refractivity contribution in [3.63, 3.8) is 0 Å². The molecule has 0 radical (unpaired) electrons. The summed E-state index contributed by atoms with van der Waals surface area (Å²) in [4.78, 5) is 17.0. The van der Waals surface area contributed by atoms with Gasteiger partial charge in [0.1, 0.15) is 5.75 Å². The molecule has 1 unspecified atom stereocenters. The number of hydrogen-bond acceptors (Lipinski definition) is 5. The summed E-state index contributed by atoms with van der Waals surface area (Å²) in [5.74, 6) is 2.04. The van der Waals surface area contributed by atoms with E-state index in [-0.39, 0.29) is 6.09 Å². The van der Waals surface area contributed by atoms with Crippen molar-refractivity contribution in [2.75, 3.05) is 33.9 Å². The molecule has 3 heterocycles. The molecule has 6 nitrogen and oxygen atoms in total. The van der Waals surface area contributed by atoms with Crippen LogP contribution in [0.3, 0.4) is 0 Å². The molecule has 0 saturated carbocycles. The summed E-state index contributed by atoms with van der Waals surface area (Å²) in [6.07, 6.45) is 5.42. The van der Waals surface area contributed by atoms with E-state index in [1.165, 1.54) is 41.3 Å². The normalized spacial score (nSPS) is 20.2. The highest BCUT2D eigenvalue weighted by Gasteiger charge is 2.32. The first-order valence-corrected chi connectivity index (χ1v) is 12.0.